The smallest absolute Gasteiger partial charge is 0.253 e. The van der Waals surface area contributed by atoms with Crippen molar-refractivity contribution in [3.8, 4) is 0 Å². The molecular weight excluding hydrogens is 324 g/mol. The van der Waals surface area contributed by atoms with Crippen LogP contribution in [0.15, 0.2) is 35.4 Å². The fourth-order valence-corrected chi connectivity index (χ4v) is 3.41. The number of aryl methyl sites for hydroxylation is 1. The van der Waals surface area contributed by atoms with E-state index in [1.807, 2.05) is 17.8 Å². The van der Waals surface area contributed by atoms with Crippen LogP contribution in [0.3, 0.4) is 0 Å². The molecule has 1 unspecified atom stereocenters. The molecular formula is C17H22N4O4. The van der Waals surface area contributed by atoms with Crippen molar-refractivity contribution in [3.63, 3.8) is 0 Å². The molecule has 2 aromatic rings. The fourth-order valence-electron chi connectivity index (χ4n) is 3.41. The Hall–Kier alpha value is -2.16. The summed E-state index contributed by atoms with van der Waals surface area (Å²) in [4.78, 5) is 20.7. The second kappa shape index (κ2) is 6.62. The third kappa shape index (κ3) is 3.33. The summed E-state index contributed by atoms with van der Waals surface area (Å²) in [5, 5.41) is 0. The summed E-state index contributed by atoms with van der Waals surface area (Å²) in [6.07, 6.45) is 6.90. The van der Waals surface area contributed by atoms with E-state index in [-0.39, 0.29) is 12.5 Å². The van der Waals surface area contributed by atoms with Gasteiger partial charge in [0.1, 0.15) is 24.3 Å². The molecule has 134 valence electrons. The number of aromatic nitrogens is 2. The summed E-state index contributed by atoms with van der Waals surface area (Å²) in [6, 6.07) is 1.79. The second-order valence-electron chi connectivity index (χ2n) is 6.65. The standard InChI is InChI=1S/C17H22N4O4/c1-19-4-3-18-15(19)8-20-5-7-24-13-17(11-20)12-21(16(22)10-25-17)14-2-6-23-9-14/h2-4,6,9H,5,7-8,10-13H2,1H3. The van der Waals surface area contributed by atoms with Gasteiger partial charge in [0.25, 0.3) is 5.91 Å². The lowest BCUT2D eigenvalue weighted by atomic mass is 10.0. The van der Waals surface area contributed by atoms with Crippen molar-refractivity contribution in [2.75, 3.05) is 44.4 Å². The summed E-state index contributed by atoms with van der Waals surface area (Å²) in [6.45, 7) is 3.80. The van der Waals surface area contributed by atoms with Crippen molar-refractivity contribution >= 4 is 11.6 Å². The summed E-state index contributed by atoms with van der Waals surface area (Å²) < 4.78 is 19.0. The van der Waals surface area contributed by atoms with Crippen molar-refractivity contribution in [1.82, 2.24) is 14.5 Å². The molecule has 2 fully saturated rings. The van der Waals surface area contributed by atoms with Crippen molar-refractivity contribution in [2.45, 2.75) is 12.1 Å². The molecule has 2 saturated heterocycles. The third-order valence-corrected chi connectivity index (χ3v) is 4.78. The van der Waals surface area contributed by atoms with Crippen molar-refractivity contribution < 1.29 is 18.7 Å². The molecule has 2 aromatic heterocycles. The van der Waals surface area contributed by atoms with Gasteiger partial charge < -0.3 is 23.4 Å². The van der Waals surface area contributed by atoms with E-state index in [2.05, 4.69) is 9.88 Å². The van der Waals surface area contributed by atoms with Gasteiger partial charge in [0.2, 0.25) is 0 Å². The highest BCUT2D eigenvalue weighted by Crippen LogP contribution is 2.27. The van der Waals surface area contributed by atoms with E-state index in [0.717, 1.165) is 24.6 Å². The van der Waals surface area contributed by atoms with E-state index >= 15 is 0 Å². The van der Waals surface area contributed by atoms with Crippen LogP contribution in [-0.4, -0.2) is 65.4 Å². The quantitative estimate of drug-likeness (QED) is 0.812. The molecule has 2 aliphatic heterocycles. The molecule has 0 saturated carbocycles. The summed E-state index contributed by atoms with van der Waals surface area (Å²) >= 11 is 0. The number of furan rings is 1. The van der Waals surface area contributed by atoms with Gasteiger partial charge in [-0.15, -0.1) is 0 Å². The highest BCUT2D eigenvalue weighted by Gasteiger charge is 2.43. The molecule has 1 amide bonds. The molecule has 8 nitrogen and oxygen atoms in total. The van der Waals surface area contributed by atoms with E-state index in [1.54, 1.807) is 29.7 Å². The average molecular weight is 346 g/mol. The van der Waals surface area contributed by atoms with Gasteiger partial charge in [0.05, 0.1) is 38.3 Å². The average Bonchev–Trinajstić information content (AvgIpc) is 3.22. The Kier molecular flexibility index (Phi) is 4.32. The zero-order valence-corrected chi connectivity index (χ0v) is 14.3. The van der Waals surface area contributed by atoms with Crippen LogP contribution >= 0.6 is 0 Å². The maximum Gasteiger partial charge on any atom is 0.253 e. The number of amides is 1. The van der Waals surface area contributed by atoms with Gasteiger partial charge in [0.15, 0.2) is 0 Å². The normalized spacial score (nSPS) is 25.5. The van der Waals surface area contributed by atoms with Crippen molar-refractivity contribution in [1.29, 1.82) is 0 Å². The Bertz CT molecular complexity index is 729. The minimum absolute atomic E-state index is 0.0464. The maximum atomic E-state index is 12.3. The molecule has 25 heavy (non-hydrogen) atoms. The Morgan fingerprint density at radius 1 is 1.36 bits per heavy atom. The van der Waals surface area contributed by atoms with Crippen LogP contribution in [-0.2, 0) is 27.9 Å². The lowest BCUT2D eigenvalue weighted by Crippen LogP contribution is -2.60. The first kappa shape index (κ1) is 16.3. The van der Waals surface area contributed by atoms with Gasteiger partial charge in [-0.3, -0.25) is 9.69 Å². The topological polar surface area (TPSA) is 73.0 Å². The van der Waals surface area contributed by atoms with Crippen LogP contribution in [0.1, 0.15) is 5.82 Å². The Morgan fingerprint density at radius 2 is 2.28 bits per heavy atom. The van der Waals surface area contributed by atoms with Crippen molar-refractivity contribution in [3.05, 3.63) is 36.8 Å². The maximum absolute atomic E-state index is 12.3. The lowest BCUT2D eigenvalue weighted by Gasteiger charge is -2.42. The third-order valence-electron chi connectivity index (χ3n) is 4.78. The molecule has 8 heteroatoms. The fraction of sp³-hybridized carbons (Fsp3) is 0.529. The highest BCUT2D eigenvalue weighted by atomic mass is 16.6. The monoisotopic (exact) mass is 346 g/mol. The van der Waals surface area contributed by atoms with E-state index in [0.29, 0.717) is 26.3 Å². The van der Waals surface area contributed by atoms with Gasteiger partial charge in [0, 0.05) is 38.6 Å². The Labute approximate surface area is 145 Å². The van der Waals surface area contributed by atoms with Gasteiger partial charge >= 0.3 is 0 Å². The number of anilines is 1. The Morgan fingerprint density at radius 3 is 3.04 bits per heavy atom. The highest BCUT2D eigenvalue weighted by molar-refractivity contribution is 5.95. The van der Waals surface area contributed by atoms with Crippen LogP contribution in [0.5, 0.6) is 0 Å². The number of carbonyl (C=O) groups is 1. The predicted molar refractivity (Wildman–Crippen MR) is 89.0 cm³/mol. The van der Waals surface area contributed by atoms with Crippen molar-refractivity contribution in [2.24, 2.45) is 7.05 Å². The largest absolute Gasteiger partial charge is 0.470 e. The van der Waals surface area contributed by atoms with Crippen LogP contribution in [0, 0.1) is 0 Å². The van der Waals surface area contributed by atoms with Crippen LogP contribution < -0.4 is 4.90 Å². The zero-order chi connectivity index (χ0) is 17.3. The number of hydrogen-bond donors (Lipinski definition) is 0. The number of imidazole rings is 1. The molecule has 0 N–H and O–H groups in total. The van der Waals surface area contributed by atoms with Crippen LogP contribution in [0.4, 0.5) is 5.69 Å². The van der Waals surface area contributed by atoms with E-state index in [1.165, 1.54) is 0 Å². The van der Waals surface area contributed by atoms with E-state index in [4.69, 9.17) is 13.9 Å². The Balaban J connectivity index is 1.53. The molecule has 0 radical (unpaired) electrons. The zero-order valence-electron chi connectivity index (χ0n) is 14.3. The first-order valence-corrected chi connectivity index (χ1v) is 8.38. The molecule has 2 aliphatic rings. The van der Waals surface area contributed by atoms with Crippen LogP contribution in [0.2, 0.25) is 0 Å². The summed E-state index contributed by atoms with van der Waals surface area (Å²) in [7, 11) is 1.99. The van der Waals surface area contributed by atoms with Crippen LogP contribution in [0.25, 0.3) is 0 Å². The summed E-state index contributed by atoms with van der Waals surface area (Å²) in [5.74, 6) is 0.933. The predicted octanol–water partition coefficient (Wildman–Crippen LogP) is 0.647. The lowest BCUT2D eigenvalue weighted by molar-refractivity contribution is -0.146. The molecule has 0 aromatic carbocycles. The number of carbonyl (C=O) groups excluding carboxylic acids is 1. The number of morpholine rings is 1. The summed E-state index contributed by atoms with van der Waals surface area (Å²) in [5.41, 5.74) is 0.208. The van der Waals surface area contributed by atoms with Gasteiger partial charge in [-0.1, -0.05) is 0 Å². The van der Waals surface area contributed by atoms with E-state index in [9.17, 15) is 4.79 Å². The van der Waals surface area contributed by atoms with Gasteiger partial charge in [-0.25, -0.2) is 4.98 Å². The second-order valence-corrected chi connectivity index (χ2v) is 6.65. The molecule has 1 atom stereocenters. The molecule has 4 heterocycles. The minimum atomic E-state index is -0.549. The first-order valence-electron chi connectivity index (χ1n) is 8.38. The SMILES string of the molecule is Cn1ccnc1CN1CCOCC2(C1)CN(c1ccoc1)C(=O)CO2. The molecule has 0 aliphatic carbocycles. The molecule has 1 spiro atoms. The molecule has 4 rings (SSSR count). The minimum Gasteiger partial charge on any atom is -0.470 e. The molecule has 0 bridgehead atoms. The van der Waals surface area contributed by atoms with E-state index < -0.39 is 5.60 Å². The number of hydrogen-bond acceptors (Lipinski definition) is 6. The van der Waals surface area contributed by atoms with Gasteiger partial charge in [-0.05, 0) is 0 Å². The first-order chi connectivity index (χ1) is 12.2. The van der Waals surface area contributed by atoms with Gasteiger partial charge in [-0.2, -0.15) is 0 Å². The number of rotatable bonds is 3. The number of nitrogens with zero attached hydrogens (tertiary/aromatic N) is 4. The number of ether oxygens (including phenoxy) is 2.